The first kappa shape index (κ1) is 18.4. The molecule has 0 saturated heterocycles. The van der Waals surface area contributed by atoms with Gasteiger partial charge in [-0.15, -0.1) is 0 Å². The van der Waals surface area contributed by atoms with Gasteiger partial charge in [-0.2, -0.15) is 5.10 Å². The largest absolute Gasteiger partial charge is 0.496 e. The number of hydrazone groups is 1. The number of ether oxygens (including phenoxy) is 2. The molecule has 0 atom stereocenters. The molecule has 2 aromatic rings. The van der Waals surface area contributed by atoms with Crippen LogP contribution in [-0.2, 0) is 0 Å². The molecule has 2 aromatic carbocycles. The molecule has 0 heterocycles. The van der Waals surface area contributed by atoms with Gasteiger partial charge in [0, 0.05) is 29.3 Å². The number of carbonyl (C=O) groups is 1. The fraction of sp³-hybridized carbons (Fsp3) is 0.125. The zero-order valence-electron chi connectivity index (χ0n) is 13.4. The van der Waals surface area contributed by atoms with Crippen LogP contribution in [0.4, 0.5) is 5.69 Å². The molecule has 0 saturated carbocycles. The lowest BCUT2D eigenvalue weighted by atomic mass is 10.2. The molecule has 0 fully saturated rings. The lowest BCUT2D eigenvalue weighted by Gasteiger charge is -2.09. The number of nitro benzene ring substituents is 1. The van der Waals surface area contributed by atoms with Gasteiger partial charge in [0.05, 0.1) is 29.8 Å². The minimum Gasteiger partial charge on any atom is -0.496 e. The van der Waals surface area contributed by atoms with Crippen molar-refractivity contribution in [1.82, 2.24) is 5.43 Å². The first-order valence-corrected chi connectivity index (χ1v) is 7.75. The number of halogens is 1. The number of nitrogens with one attached hydrogen (secondary N) is 1. The van der Waals surface area contributed by atoms with E-state index in [2.05, 4.69) is 26.5 Å². The van der Waals surface area contributed by atoms with Crippen molar-refractivity contribution in [2.24, 2.45) is 5.10 Å². The number of nitrogens with zero attached hydrogens (tertiary/aromatic N) is 2. The van der Waals surface area contributed by atoms with Crippen LogP contribution < -0.4 is 14.9 Å². The van der Waals surface area contributed by atoms with E-state index in [1.54, 1.807) is 12.1 Å². The van der Waals surface area contributed by atoms with Crippen LogP contribution in [0.15, 0.2) is 46.0 Å². The molecule has 1 amide bonds. The molecule has 0 spiro atoms. The molecule has 0 unspecified atom stereocenters. The molecule has 0 aliphatic heterocycles. The molecule has 9 heteroatoms. The Morgan fingerprint density at radius 3 is 2.60 bits per heavy atom. The topological polar surface area (TPSA) is 103 Å². The highest BCUT2D eigenvalue weighted by atomic mass is 79.9. The van der Waals surface area contributed by atoms with Gasteiger partial charge in [-0.25, -0.2) is 5.43 Å². The van der Waals surface area contributed by atoms with Crippen LogP contribution in [0.3, 0.4) is 0 Å². The molecule has 1 N–H and O–H groups in total. The van der Waals surface area contributed by atoms with Crippen LogP contribution in [0.2, 0.25) is 0 Å². The molecule has 25 heavy (non-hydrogen) atoms. The van der Waals surface area contributed by atoms with E-state index in [1.165, 1.54) is 44.7 Å². The number of nitro groups is 1. The van der Waals surface area contributed by atoms with Gasteiger partial charge in [-0.1, -0.05) is 6.07 Å². The van der Waals surface area contributed by atoms with E-state index in [0.717, 1.165) is 0 Å². The van der Waals surface area contributed by atoms with Crippen LogP contribution in [0, 0.1) is 10.1 Å². The van der Waals surface area contributed by atoms with E-state index in [4.69, 9.17) is 9.47 Å². The predicted molar refractivity (Wildman–Crippen MR) is 95.4 cm³/mol. The second-order valence-electron chi connectivity index (χ2n) is 4.74. The van der Waals surface area contributed by atoms with E-state index in [0.29, 0.717) is 21.5 Å². The predicted octanol–water partition coefficient (Wildman–Crippen LogP) is 3.14. The van der Waals surface area contributed by atoms with Crippen molar-refractivity contribution in [3.8, 4) is 11.5 Å². The second-order valence-corrected chi connectivity index (χ2v) is 5.59. The fourth-order valence-corrected chi connectivity index (χ4v) is 2.49. The summed E-state index contributed by atoms with van der Waals surface area (Å²) in [5.41, 5.74) is 2.89. The zero-order chi connectivity index (χ0) is 18.4. The van der Waals surface area contributed by atoms with Crippen LogP contribution in [0.5, 0.6) is 11.5 Å². The van der Waals surface area contributed by atoms with Gasteiger partial charge in [0.15, 0.2) is 0 Å². The Hall–Kier alpha value is -2.94. The molecule has 0 radical (unpaired) electrons. The molecule has 2 rings (SSSR count). The van der Waals surface area contributed by atoms with Crippen molar-refractivity contribution in [1.29, 1.82) is 0 Å². The average molecular weight is 408 g/mol. The highest BCUT2D eigenvalue weighted by Crippen LogP contribution is 2.31. The Morgan fingerprint density at radius 2 is 1.96 bits per heavy atom. The van der Waals surface area contributed by atoms with Gasteiger partial charge in [0.25, 0.3) is 11.6 Å². The fourth-order valence-electron chi connectivity index (χ4n) is 1.97. The zero-order valence-corrected chi connectivity index (χ0v) is 14.9. The first-order chi connectivity index (χ1) is 12.0. The summed E-state index contributed by atoms with van der Waals surface area (Å²) in [6, 6.07) is 8.77. The lowest BCUT2D eigenvalue weighted by molar-refractivity contribution is -0.384. The third-order valence-corrected chi connectivity index (χ3v) is 3.81. The van der Waals surface area contributed by atoms with Crippen LogP contribution >= 0.6 is 15.9 Å². The maximum Gasteiger partial charge on any atom is 0.271 e. The number of amides is 1. The quantitative estimate of drug-likeness (QED) is 0.450. The van der Waals surface area contributed by atoms with Crippen molar-refractivity contribution in [2.75, 3.05) is 14.2 Å². The van der Waals surface area contributed by atoms with E-state index in [9.17, 15) is 14.9 Å². The molecular weight excluding hydrogens is 394 g/mol. The van der Waals surface area contributed by atoms with Gasteiger partial charge < -0.3 is 9.47 Å². The minimum atomic E-state index is -0.570. The van der Waals surface area contributed by atoms with Gasteiger partial charge in [-0.05, 0) is 28.1 Å². The molecule has 0 aliphatic rings. The number of rotatable bonds is 6. The minimum absolute atomic E-state index is 0.134. The third-order valence-electron chi connectivity index (χ3n) is 3.19. The standard InChI is InChI=1S/C16H14BrN3O5/c1-24-14-8-15(25-2)13(17)7-11(14)9-18-19-16(21)10-4-3-5-12(6-10)20(22)23/h3-9H,1-2H3,(H,19,21). The summed E-state index contributed by atoms with van der Waals surface area (Å²) in [6.45, 7) is 0. The lowest BCUT2D eigenvalue weighted by Crippen LogP contribution is -2.17. The smallest absolute Gasteiger partial charge is 0.271 e. The Bertz CT molecular complexity index is 839. The van der Waals surface area contributed by atoms with Crippen molar-refractivity contribution in [3.05, 3.63) is 62.1 Å². The summed E-state index contributed by atoms with van der Waals surface area (Å²) >= 11 is 3.36. The van der Waals surface area contributed by atoms with Crippen LogP contribution in [0.1, 0.15) is 15.9 Å². The number of methoxy groups -OCH3 is 2. The van der Waals surface area contributed by atoms with Gasteiger partial charge >= 0.3 is 0 Å². The molecular formula is C16H14BrN3O5. The molecule has 0 bridgehead atoms. The van der Waals surface area contributed by atoms with E-state index < -0.39 is 10.8 Å². The third kappa shape index (κ3) is 4.54. The summed E-state index contributed by atoms with van der Waals surface area (Å²) < 4.78 is 11.1. The Labute approximate surface area is 151 Å². The second kappa shape index (κ2) is 8.25. The van der Waals surface area contributed by atoms with Crippen molar-refractivity contribution >= 4 is 33.7 Å². The molecule has 8 nitrogen and oxygen atoms in total. The number of hydrogen-bond donors (Lipinski definition) is 1. The van der Waals surface area contributed by atoms with E-state index in [-0.39, 0.29) is 11.3 Å². The monoisotopic (exact) mass is 407 g/mol. The van der Waals surface area contributed by atoms with E-state index >= 15 is 0 Å². The summed E-state index contributed by atoms with van der Waals surface area (Å²) in [7, 11) is 3.04. The molecule has 0 aliphatic carbocycles. The Kier molecular flexibility index (Phi) is 6.07. The SMILES string of the molecule is COc1cc(OC)c(C=NNC(=O)c2cccc([N+](=O)[O-])c2)cc1Br. The van der Waals surface area contributed by atoms with Crippen LogP contribution in [0.25, 0.3) is 0 Å². The molecule has 0 aromatic heterocycles. The highest BCUT2D eigenvalue weighted by molar-refractivity contribution is 9.10. The highest BCUT2D eigenvalue weighted by Gasteiger charge is 2.11. The normalized spacial score (nSPS) is 10.5. The van der Waals surface area contributed by atoms with Gasteiger partial charge in [-0.3, -0.25) is 14.9 Å². The van der Waals surface area contributed by atoms with Gasteiger partial charge in [0.1, 0.15) is 11.5 Å². The summed E-state index contributed by atoms with van der Waals surface area (Å²) in [5, 5.41) is 14.6. The van der Waals surface area contributed by atoms with Crippen LogP contribution in [-0.4, -0.2) is 31.3 Å². The summed E-state index contributed by atoms with van der Waals surface area (Å²) in [4.78, 5) is 22.2. The summed E-state index contributed by atoms with van der Waals surface area (Å²) in [6.07, 6.45) is 1.40. The van der Waals surface area contributed by atoms with Crippen molar-refractivity contribution in [3.63, 3.8) is 0 Å². The first-order valence-electron chi connectivity index (χ1n) is 6.95. The Balaban J connectivity index is 2.15. The van der Waals surface area contributed by atoms with Crippen molar-refractivity contribution in [2.45, 2.75) is 0 Å². The number of non-ortho nitro benzene ring substituents is 1. The average Bonchev–Trinajstić information content (AvgIpc) is 2.61. The number of carbonyl (C=O) groups excluding carboxylic acids is 1. The maximum atomic E-state index is 12.0. The molecule has 130 valence electrons. The van der Waals surface area contributed by atoms with Gasteiger partial charge in [0.2, 0.25) is 0 Å². The van der Waals surface area contributed by atoms with Crippen molar-refractivity contribution < 1.29 is 19.2 Å². The number of hydrogen-bond acceptors (Lipinski definition) is 6. The number of benzene rings is 2. The summed E-state index contributed by atoms with van der Waals surface area (Å²) in [5.74, 6) is 0.537. The van der Waals surface area contributed by atoms with E-state index in [1.807, 2.05) is 0 Å². The Morgan fingerprint density at radius 1 is 1.24 bits per heavy atom. The maximum absolute atomic E-state index is 12.0.